The normalized spacial score (nSPS) is 19.0. The van der Waals surface area contributed by atoms with Gasteiger partial charge in [-0.1, -0.05) is 24.3 Å². The number of nitrogens with zero attached hydrogens (tertiary/aromatic N) is 3. The van der Waals surface area contributed by atoms with E-state index in [1.807, 2.05) is 12.4 Å². The van der Waals surface area contributed by atoms with Gasteiger partial charge >= 0.3 is 0 Å². The van der Waals surface area contributed by atoms with E-state index >= 15 is 0 Å². The molecule has 1 aliphatic rings. The lowest BCUT2D eigenvalue weighted by Crippen LogP contribution is -2.37. The molecule has 0 aliphatic carbocycles. The Morgan fingerprint density at radius 1 is 1.33 bits per heavy atom. The second-order valence-electron chi connectivity index (χ2n) is 5.96. The lowest BCUT2D eigenvalue weighted by atomic mass is 9.93. The van der Waals surface area contributed by atoms with E-state index in [4.69, 9.17) is 0 Å². The van der Waals surface area contributed by atoms with E-state index in [-0.39, 0.29) is 12.6 Å². The zero-order valence-corrected chi connectivity index (χ0v) is 12.7. The first-order valence-electron chi connectivity index (χ1n) is 7.65. The molecule has 0 saturated heterocycles. The van der Waals surface area contributed by atoms with Gasteiger partial charge in [0.1, 0.15) is 5.82 Å². The van der Waals surface area contributed by atoms with Gasteiger partial charge in [-0.25, -0.2) is 4.98 Å². The quantitative estimate of drug-likeness (QED) is 0.938. The maximum atomic E-state index is 9.85. The molecule has 3 rings (SSSR count). The Kier molecular flexibility index (Phi) is 4.08. The number of imidazole rings is 1. The van der Waals surface area contributed by atoms with Gasteiger partial charge in [-0.2, -0.15) is 0 Å². The van der Waals surface area contributed by atoms with Gasteiger partial charge in [-0.05, 0) is 31.4 Å². The van der Waals surface area contributed by atoms with E-state index < -0.39 is 0 Å². The van der Waals surface area contributed by atoms with Crippen molar-refractivity contribution in [1.29, 1.82) is 0 Å². The number of aliphatic hydroxyl groups excluding tert-OH is 1. The summed E-state index contributed by atoms with van der Waals surface area (Å²) in [7, 11) is 0. The average molecular weight is 285 g/mol. The first-order valence-corrected chi connectivity index (χ1v) is 7.65. The lowest BCUT2D eigenvalue weighted by Gasteiger charge is -2.36. The molecule has 0 spiro atoms. The number of rotatable bonds is 4. The van der Waals surface area contributed by atoms with E-state index in [9.17, 15) is 5.11 Å². The first-order chi connectivity index (χ1) is 10.2. The molecule has 4 heteroatoms. The summed E-state index contributed by atoms with van der Waals surface area (Å²) >= 11 is 0. The van der Waals surface area contributed by atoms with Crippen LogP contribution >= 0.6 is 0 Å². The summed E-state index contributed by atoms with van der Waals surface area (Å²) in [6, 6.07) is 8.93. The summed E-state index contributed by atoms with van der Waals surface area (Å²) in [5, 5.41) is 9.85. The SMILES string of the molecule is CC(C)n1ccnc1CN1CCc2ccccc2C1CO. The van der Waals surface area contributed by atoms with Crippen LogP contribution in [0.3, 0.4) is 0 Å². The fraction of sp³-hybridized carbons (Fsp3) is 0.471. The standard InChI is InChI=1S/C17H23N3O/c1-13(2)20-10-8-18-17(20)11-19-9-7-14-5-3-4-6-15(14)16(19)12-21/h3-6,8,10,13,16,21H,7,9,11-12H2,1-2H3. The second-order valence-corrected chi connectivity index (χ2v) is 5.96. The smallest absolute Gasteiger partial charge is 0.123 e. The maximum absolute atomic E-state index is 9.85. The van der Waals surface area contributed by atoms with Gasteiger partial charge < -0.3 is 9.67 Å². The molecule has 0 bridgehead atoms. The van der Waals surface area contributed by atoms with Crippen molar-refractivity contribution in [3.05, 3.63) is 53.6 Å². The third-order valence-electron chi connectivity index (χ3n) is 4.35. The average Bonchev–Trinajstić information content (AvgIpc) is 2.95. The minimum atomic E-state index is 0.0762. The zero-order chi connectivity index (χ0) is 14.8. The number of fused-ring (bicyclic) bond motifs is 1. The molecule has 2 aromatic rings. The minimum Gasteiger partial charge on any atom is -0.394 e. The van der Waals surface area contributed by atoms with Crippen molar-refractivity contribution in [1.82, 2.24) is 14.5 Å². The van der Waals surface area contributed by atoms with Crippen LogP contribution in [-0.2, 0) is 13.0 Å². The molecule has 0 fully saturated rings. The molecule has 1 aromatic heterocycles. The third-order valence-corrected chi connectivity index (χ3v) is 4.35. The topological polar surface area (TPSA) is 41.3 Å². The van der Waals surface area contributed by atoms with Crippen LogP contribution in [0.25, 0.3) is 0 Å². The van der Waals surface area contributed by atoms with Crippen LogP contribution in [-0.4, -0.2) is 32.7 Å². The highest BCUT2D eigenvalue weighted by molar-refractivity contribution is 5.32. The van der Waals surface area contributed by atoms with Gasteiger partial charge in [-0.15, -0.1) is 0 Å². The van der Waals surface area contributed by atoms with Crippen LogP contribution in [0.4, 0.5) is 0 Å². The number of aliphatic hydroxyl groups is 1. The Hall–Kier alpha value is -1.65. The summed E-state index contributed by atoms with van der Waals surface area (Å²) in [5.41, 5.74) is 2.62. The van der Waals surface area contributed by atoms with Gasteiger partial charge in [0.25, 0.3) is 0 Å². The van der Waals surface area contributed by atoms with Crippen molar-refractivity contribution in [3.63, 3.8) is 0 Å². The Morgan fingerprint density at radius 2 is 2.14 bits per heavy atom. The molecular formula is C17H23N3O. The summed E-state index contributed by atoms with van der Waals surface area (Å²) in [6.07, 6.45) is 4.93. The van der Waals surface area contributed by atoms with Gasteiger partial charge in [0.2, 0.25) is 0 Å². The van der Waals surface area contributed by atoms with E-state index in [1.165, 1.54) is 11.1 Å². The number of hydrogen-bond donors (Lipinski definition) is 1. The highest BCUT2D eigenvalue weighted by Crippen LogP contribution is 2.30. The first kappa shape index (κ1) is 14.3. The lowest BCUT2D eigenvalue weighted by molar-refractivity contribution is 0.104. The monoisotopic (exact) mass is 285 g/mol. The van der Waals surface area contributed by atoms with Gasteiger partial charge in [0, 0.05) is 25.0 Å². The summed E-state index contributed by atoms with van der Waals surface area (Å²) in [5.74, 6) is 1.07. The number of hydrogen-bond acceptors (Lipinski definition) is 3. The molecular weight excluding hydrogens is 262 g/mol. The highest BCUT2D eigenvalue weighted by Gasteiger charge is 2.27. The predicted octanol–water partition coefficient (Wildman–Crippen LogP) is 2.56. The number of aromatic nitrogens is 2. The van der Waals surface area contributed by atoms with Crippen LogP contribution in [0.15, 0.2) is 36.7 Å². The van der Waals surface area contributed by atoms with Crippen molar-refractivity contribution in [2.24, 2.45) is 0 Å². The molecule has 0 saturated carbocycles. The molecule has 0 amide bonds. The van der Waals surface area contributed by atoms with Crippen molar-refractivity contribution in [3.8, 4) is 0 Å². The maximum Gasteiger partial charge on any atom is 0.123 e. The molecule has 0 radical (unpaired) electrons. The largest absolute Gasteiger partial charge is 0.394 e. The van der Waals surface area contributed by atoms with Gasteiger partial charge in [0.05, 0.1) is 19.2 Å². The van der Waals surface area contributed by atoms with Crippen molar-refractivity contribution in [2.45, 2.75) is 38.9 Å². The van der Waals surface area contributed by atoms with E-state index in [0.717, 1.165) is 25.3 Å². The van der Waals surface area contributed by atoms with Crippen LogP contribution in [0, 0.1) is 0 Å². The minimum absolute atomic E-state index is 0.0762. The van der Waals surface area contributed by atoms with Crippen molar-refractivity contribution in [2.75, 3.05) is 13.2 Å². The molecule has 21 heavy (non-hydrogen) atoms. The van der Waals surface area contributed by atoms with E-state index in [0.29, 0.717) is 6.04 Å². The predicted molar refractivity (Wildman–Crippen MR) is 83.0 cm³/mol. The fourth-order valence-electron chi connectivity index (χ4n) is 3.22. The molecule has 1 atom stereocenters. The van der Waals surface area contributed by atoms with Crippen molar-refractivity contribution < 1.29 is 5.11 Å². The summed E-state index contributed by atoms with van der Waals surface area (Å²) in [6.45, 7) is 6.23. The van der Waals surface area contributed by atoms with Crippen molar-refractivity contribution >= 4 is 0 Å². The molecule has 1 aromatic carbocycles. The number of benzene rings is 1. The molecule has 1 N–H and O–H groups in total. The van der Waals surface area contributed by atoms with E-state index in [2.05, 4.69) is 52.6 Å². The van der Waals surface area contributed by atoms with Crippen LogP contribution < -0.4 is 0 Å². The van der Waals surface area contributed by atoms with Gasteiger partial charge in [0.15, 0.2) is 0 Å². The molecule has 112 valence electrons. The second kappa shape index (κ2) is 6.00. The zero-order valence-electron chi connectivity index (χ0n) is 12.7. The van der Waals surface area contributed by atoms with Crippen LogP contribution in [0.1, 0.15) is 42.9 Å². The Bertz CT molecular complexity index is 606. The molecule has 1 aliphatic heterocycles. The molecule has 1 unspecified atom stereocenters. The molecule has 2 heterocycles. The Morgan fingerprint density at radius 3 is 2.90 bits per heavy atom. The highest BCUT2D eigenvalue weighted by atomic mass is 16.3. The Labute approximate surface area is 126 Å². The summed E-state index contributed by atoms with van der Waals surface area (Å²) < 4.78 is 2.20. The Balaban J connectivity index is 1.85. The third kappa shape index (κ3) is 2.74. The van der Waals surface area contributed by atoms with E-state index in [1.54, 1.807) is 0 Å². The van der Waals surface area contributed by atoms with Crippen LogP contribution in [0.5, 0.6) is 0 Å². The van der Waals surface area contributed by atoms with Crippen LogP contribution in [0.2, 0.25) is 0 Å². The van der Waals surface area contributed by atoms with Gasteiger partial charge in [-0.3, -0.25) is 4.90 Å². The molecule has 4 nitrogen and oxygen atoms in total. The summed E-state index contributed by atoms with van der Waals surface area (Å²) in [4.78, 5) is 6.83. The fourth-order valence-corrected chi connectivity index (χ4v) is 3.22.